The quantitative estimate of drug-likeness (QED) is 0.921. The molecule has 1 fully saturated rings. The van der Waals surface area contributed by atoms with Crippen molar-refractivity contribution in [1.82, 2.24) is 0 Å². The third-order valence-corrected chi connectivity index (χ3v) is 4.94. The molecule has 0 spiro atoms. The van der Waals surface area contributed by atoms with Gasteiger partial charge in [-0.1, -0.05) is 38.0 Å². The Morgan fingerprint density at radius 1 is 1.45 bits per heavy atom. The predicted octanol–water partition coefficient (Wildman–Crippen LogP) is 3.25. The van der Waals surface area contributed by atoms with Crippen molar-refractivity contribution in [2.75, 3.05) is 13.7 Å². The number of hydrogen-bond donors (Lipinski definition) is 1. The first-order chi connectivity index (χ1) is 9.66. The average Bonchev–Trinajstić information content (AvgIpc) is 2.94. The van der Waals surface area contributed by atoms with Gasteiger partial charge in [0.25, 0.3) is 0 Å². The summed E-state index contributed by atoms with van der Waals surface area (Å²) in [7, 11) is 1.73. The Kier molecular flexibility index (Phi) is 3.74. The van der Waals surface area contributed by atoms with Crippen molar-refractivity contribution >= 4 is 0 Å². The third-order valence-electron chi connectivity index (χ3n) is 4.94. The van der Waals surface area contributed by atoms with E-state index in [4.69, 9.17) is 9.47 Å². The zero-order valence-corrected chi connectivity index (χ0v) is 12.4. The maximum atomic E-state index is 11.0. The molecular weight excluding hydrogens is 252 g/mol. The summed E-state index contributed by atoms with van der Waals surface area (Å²) in [6.45, 7) is 2.96. The first-order valence-corrected chi connectivity index (χ1v) is 7.64. The molecule has 0 saturated heterocycles. The SMILES string of the molecule is COC1(C(O)c2cccc3c2OCC3)CCCC(C)C1. The second-order valence-corrected chi connectivity index (χ2v) is 6.31. The van der Waals surface area contributed by atoms with Crippen LogP contribution in [0.2, 0.25) is 0 Å². The topological polar surface area (TPSA) is 38.7 Å². The number of fused-ring (bicyclic) bond motifs is 1. The van der Waals surface area contributed by atoms with Crippen molar-refractivity contribution in [3.8, 4) is 5.75 Å². The highest BCUT2D eigenvalue weighted by Gasteiger charge is 2.43. The lowest BCUT2D eigenvalue weighted by Gasteiger charge is -2.42. The molecule has 0 radical (unpaired) electrons. The minimum atomic E-state index is -0.608. The van der Waals surface area contributed by atoms with Crippen LogP contribution in [-0.4, -0.2) is 24.4 Å². The van der Waals surface area contributed by atoms with Gasteiger partial charge in [0.2, 0.25) is 0 Å². The number of aliphatic hydroxyl groups excluding tert-OH is 1. The number of rotatable bonds is 3. The minimum Gasteiger partial charge on any atom is -0.493 e. The summed E-state index contributed by atoms with van der Waals surface area (Å²) in [5, 5.41) is 11.0. The molecule has 1 heterocycles. The van der Waals surface area contributed by atoms with Crippen molar-refractivity contribution in [1.29, 1.82) is 0 Å². The van der Waals surface area contributed by atoms with Crippen molar-refractivity contribution in [2.24, 2.45) is 5.92 Å². The van der Waals surface area contributed by atoms with Gasteiger partial charge in [-0.05, 0) is 24.3 Å². The largest absolute Gasteiger partial charge is 0.493 e. The molecule has 0 amide bonds. The Morgan fingerprint density at radius 3 is 3.05 bits per heavy atom. The summed E-state index contributed by atoms with van der Waals surface area (Å²) >= 11 is 0. The number of aliphatic hydroxyl groups is 1. The van der Waals surface area contributed by atoms with E-state index in [0.29, 0.717) is 5.92 Å². The Morgan fingerprint density at radius 2 is 2.30 bits per heavy atom. The normalized spacial score (nSPS) is 30.6. The summed E-state index contributed by atoms with van der Waals surface area (Å²) in [5.74, 6) is 1.48. The molecule has 1 aliphatic carbocycles. The van der Waals surface area contributed by atoms with Crippen LogP contribution in [0.1, 0.15) is 49.8 Å². The molecule has 110 valence electrons. The first-order valence-electron chi connectivity index (χ1n) is 7.64. The van der Waals surface area contributed by atoms with E-state index in [0.717, 1.165) is 43.6 Å². The van der Waals surface area contributed by atoms with Gasteiger partial charge >= 0.3 is 0 Å². The Hall–Kier alpha value is -1.06. The standard InChI is InChI=1S/C17H24O3/c1-12-5-4-9-17(11-12,19-2)16(18)14-7-3-6-13-8-10-20-15(13)14/h3,6-7,12,16,18H,4-5,8-11H2,1-2H3. The van der Waals surface area contributed by atoms with Gasteiger partial charge in [-0.3, -0.25) is 0 Å². The van der Waals surface area contributed by atoms with Crippen LogP contribution in [0.3, 0.4) is 0 Å². The van der Waals surface area contributed by atoms with Crippen LogP contribution >= 0.6 is 0 Å². The predicted molar refractivity (Wildman–Crippen MR) is 78.0 cm³/mol. The molecule has 1 aliphatic heterocycles. The van der Waals surface area contributed by atoms with E-state index < -0.39 is 11.7 Å². The molecule has 3 nitrogen and oxygen atoms in total. The van der Waals surface area contributed by atoms with Gasteiger partial charge in [-0.25, -0.2) is 0 Å². The molecule has 0 aromatic heterocycles. The van der Waals surface area contributed by atoms with Crippen molar-refractivity contribution in [2.45, 2.75) is 50.7 Å². The van der Waals surface area contributed by atoms with Gasteiger partial charge in [0.1, 0.15) is 11.9 Å². The zero-order chi connectivity index (χ0) is 14.2. The summed E-state index contributed by atoms with van der Waals surface area (Å²) in [6.07, 6.45) is 4.49. The Bertz CT molecular complexity index is 485. The van der Waals surface area contributed by atoms with Crippen LogP contribution < -0.4 is 4.74 Å². The second kappa shape index (κ2) is 5.38. The highest BCUT2D eigenvalue weighted by molar-refractivity contribution is 5.46. The van der Waals surface area contributed by atoms with E-state index in [1.54, 1.807) is 7.11 Å². The van der Waals surface area contributed by atoms with Crippen LogP contribution in [0.5, 0.6) is 5.75 Å². The fourth-order valence-corrected chi connectivity index (χ4v) is 3.83. The molecule has 0 bridgehead atoms. The van der Waals surface area contributed by atoms with E-state index in [1.807, 2.05) is 12.1 Å². The highest BCUT2D eigenvalue weighted by Crippen LogP contribution is 2.46. The molecule has 2 aliphatic rings. The lowest BCUT2D eigenvalue weighted by Crippen LogP contribution is -2.42. The number of para-hydroxylation sites is 1. The summed E-state index contributed by atoms with van der Waals surface area (Å²) in [5.41, 5.74) is 1.64. The van der Waals surface area contributed by atoms with Gasteiger partial charge in [-0.2, -0.15) is 0 Å². The average molecular weight is 276 g/mol. The molecule has 3 atom stereocenters. The van der Waals surface area contributed by atoms with E-state index in [-0.39, 0.29) is 0 Å². The lowest BCUT2D eigenvalue weighted by molar-refractivity contribution is -0.134. The van der Waals surface area contributed by atoms with Gasteiger partial charge in [0.05, 0.1) is 12.2 Å². The highest BCUT2D eigenvalue weighted by atomic mass is 16.5. The summed E-state index contributed by atoms with van der Waals surface area (Å²) in [4.78, 5) is 0. The smallest absolute Gasteiger partial charge is 0.128 e. The number of ether oxygens (including phenoxy) is 2. The van der Waals surface area contributed by atoms with E-state index in [1.165, 1.54) is 12.0 Å². The van der Waals surface area contributed by atoms with Crippen LogP contribution in [-0.2, 0) is 11.2 Å². The van der Waals surface area contributed by atoms with Crippen molar-refractivity contribution in [3.05, 3.63) is 29.3 Å². The lowest BCUT2D eigenvalue weighted by atomic mass is 9.73. The molecule has 20 heavy (non-hydrogen) atoms. The van der Waals surface area contributed by atoms with E-state index in [2.05, 4.69) is 13.0 Å². The number of benzene rings is 1. The van der Waals surface area contributed by atoms with E-state index >= 15 is 0 Å². The number of methoxy groups -OCH3 is 1. The van der Waals surface area contributed by atoms with Gasteiger partial charge in [0.15, 0.2) is 0 Å². The fraction of sp³-hybridized carbons (Fsp3) is 0.647. The first kappa shape index (κ1) is 13.9. The maximum Gasteiger partial charge on any atom is 0.128 e. The number of hydrogen-bond acceptors (Lipinski definition) is 3. The third kappa shape index (κ3) is 2.23. The van der Waals surface area contributed by atoms with Gasteiger partial charge in [0, 0.05) is 19.1 Å². The van der Waals surface area contributed by atoms with Crippen LogP contribution in [0, 0.1) is 5.92 Å². The Balaban J connectivity index is 1.95. The second-order valence-electron chi connectivity index (χ2n) is 6.31. The summed E-state index contributed by atoms with van der Waals surface area (Å²) < 4.78 is 11.6. The van der Waals surface area contributed by atoms with Crippen molar-refractivity contribution in [3.63, 3.8) is 0 Å². The fourth-order valence-electron chi connectivity index (χ4n) is 3.83. The monoisotopic (exact) mass is 276 g/mol. The maximum absolute atomic E-state index is 11.0. The molecule has 1 saturated carbocycles. The molecular formula is C17H24O3. The zero-order valence-electron chi connectivity index (χ0n) is 12.4. The van der Waals surface area contributed by atoms with Gasteiger partial charge in [-0.15, -0.1) is 0 Å². The molecule has 3 heteroatoms. The van der Waals surface area contributed by atoms with Gasteiger partial charge < -0.3 is 14.6 Å². The molecule has 1 aromatic carbocycles. The molecule has 3 rings (SSSR count). The molecule has 3 unspecified atom stereocenters. The Labute approximate surface area is 120 Å². The minimum absolute atomic E-state index is 0.460. The molecule has 1 N–H and O–H groups in total. The summed E-state index contributed by atoms with van der Waals surface area (Å²) in [6, 6.07) is 6.08. The van der Waals surface area contributed by atoms with Crippen LogP contribution in [0.25, 0.3) is 0 Å². The molecule has 1 aromatic rings. The van der Waals surface area contributed by atoms with Crippen molar-refractivity contribution < 1.29 is 14.6 Å². The van der Waals surface area contributed by atoms with Crippen LogP contribution in [0.15, 0.2) is 18.2 Å². The van der Waals surface area contributed by atoms with E-state index in [9.17, 15) is 5.11 Å². The van der Waals surface area contributed by atoms with Crippen LogP contribution in [0.4, 0.5) is 0 Å².